The SMILES string of the molecule is Fc1ccc(Br)cc1-c1nnc(Br)s1. The molecule has 0 aliphatic heterocycles. The summed E-state index contributed by atoms with van der Waals surface area (Å²) in [4.78, 5) is 0. The molecule has 1 aromatic heterocycles. The lowest BCUT2D eigenvalue weighted by Gasteiger charge is -1.98. The molecule has 0 aliphatic carbocycles. The van der Waals surface area contributed by atoms with E-state index >= 15 is 0 Å². The third-order valence-corrected chi connectivity index (χ3v) is 3.44. The maximum Gasteiger partial charge on any atom is 0.183 e. The zero-order chi connectivity index (χ0) is 10.1. The smallest absolute Gasteiger partial charge is 0.183 e. The van der Waals surface area contributed by atoms with E-state index in [1.807, 2.05) is 0 Å². The molecule has 0 aliphatic rings. The summed E-state index contributed by atoms with van der Waals surface area (Å²) in [5.41, 5.74) is 0.461. The van der Waals surface area contributed by atoms with Gasteiger partial charge in [0.25, 0.3) is 0 Å². The first-order valence-electron chi connectivity index (χ1n) is 3.61. The highest BCUT2D eigenvalue weighted by molar-refractivity contribution is 9.11. The molecular formula is C8H3Br2FN2S. The minimum Gasteiger partial charge on any atom is -0.206 e. The average Bonchev–Trinajstić information content (AvgIpc) is 2.56. The quantitative estimate of drug-likeness (QED) is 0.789. The number of benzene rings is 1. The van der Waals surface area contributed by atoms with Gasteiger partial charge in [-0.25, -0.2) is 4.39 Å². The van der Waals surface area contributed by atoms with Crippen molar-refractivity contribution in [1.82, 2.24) is 10.2 Å². The Hall–Kier alpha value is -0.330. The van der Waals surface area contributed by atoms with Crippen LogP contribution in [0.5, 0.6) is 0 Å². The first-order valence-corrected chi connectivity index (χ1v) is 6.01. The van der Waals surface area contributed by atoms with Crippen molar-refractivity contribution in [3.05, 3.63) is 32.4 Å². The summed E-state index contributed by atoms with van der Waals surface area (Å²) in [5, 5.41) is 8.18. The highest BCUT2D eigenvalue weighted by atomic mass is 79.9. The predicted molar refractivity (Wildman–Crippen MR) is 60.7 cm³/mol. The molecule has 6 heteroatoms. The lowest BCUT2D eigenvalue weighted by atomic mass is 10.2. The minimum atomic E-state index is -0.295. The van der Waals surface area contributed by atoms with Crippen molar-refractivity contribution in [2.75, 3.05) is 0 Å². The first kappa shape index (κ1) is 10.2. The van der Waals surface area contributed by atoms with E-state index in [0.29, 0.717) is 14.5 Å². The molecule has 2 nitrogen and oxygen atoms in total. The van der Waals surface area contributed by atoms with Gasteiger partial charge in [0, 0.05) is 10.0 Å². The van der Waals surface area contributed by atoms with Crippen LogP contribution in [0, 0.1) is 5.82 Å². The summed E-state index contributed by atoms with van der Waals surface area (Å²) in [7, 11) is 0. The van der Waals surface area contributed by atoms with Gasteiger partial charge in [-0.1, -0.05) is 27.3 Å². The van der Waals surface area contributed by atoms with E-state index in [-0.39, 0.29) is 5.82 Å². The second-order valence-electron chi connectivity index (χ2n) is 2.48. The number of nitrogens with zero attached hydrogens (tertiary/aromatic N) is 2. The van der Waals surface area contributed by atoms with Crippen LogP contribution >= 0.6 is 43.2 Å². The van der Waals surface area contributed by atoms with Crippen molar-refractivity contribution in [3.63, 3.8) is 0 Å². The summed E-state index contributed by atoms with van der Waals surface area (Å²) >= 11 is 7.76. The fourth-order valence-corrected chi connectivity index (χ4v) is 2.47. The minimum absolute atomic E-state index is 0.295. The van der Waals surface area contributed by atoms with Crippen LogP contribution in [0.3, 0.4) is 0 Å². The molecule has 0 saturated carbocycles. The van der Waals surface area contributed by atoms with Crippen molar-refractivity contribution in [2.45, 2.75) is 0 Å². The fraction of sp³-hybridized carbons (Fsp3) is 0. The van der Waals surface area contributed by atoms with E-state index in [9.17, 15) is 4.39 Å². The van der Waals surface area contributed by atoms with Gasteiger partial charge in [-0.2, -0.15) is 0 Å². The van der Waals surface area contributed by atoms with Crippen molar-refractivity contribution in [3.8, 4) is 10.6 Å². The Morgan fingerprint density at radius 2 is 2.00 bits per heavy atom. The molecule has 0 amide bonds. The summed E-state index contributed by atoms with van der Waals surface area (Å²) < 4.78 is 14.8. The van der Waals surface area contributed by atoms with E-state index in [4.69, 9.17) is 0 Å². The number of aromatic nitrogens is 2. The van der Waals surface area contributed by atoms with Gasteiger partial charge in [-0.3, -0.25) is 0 Å². The highest BCUT2D eigenvalue weighted by Gasteiger charge is 2.10. The van der Waals surface area contributed by atoms with E-state index in [1.54, 1.807) is 12.1 Å². The molecule has 0 atom stereocenters. The Labute approximate surface area is 100 Å². The molecule has 0 bridgehead atoms. The van der Waals surface area contributed by atoms with Crippen LogP contribution in [0.2, 0.25) is 0 Å². The maximum absolute atomic E-state index is 13.4. The molecule has 1 heterocycles. The van der Waals surface area contributed by atoms with Crippen LogP contribution < -0.4 is 0 Å². The van der Waals surface area contributed by atoms with E-state index in [1.165, 1.54) is 17.4 Å². The van der Waals surface area contributed by atoms with Gasteiger partial charge in [-0.15, -0.1) is 10.2 Å². The van der Waals surface area contributed by atoms with Gasteiger partial charge in [0.1, 0.15) is 5.82 Å². The lowest BCUT2D eigenvalue weighted by Crippen LogP contribution is -1.83. The van der Waals surface area contributed by atoms with Crippen molar-refractivity contribution in [2.24, 2.45) is 0 Å². The molecule has 0 N–H and O–H groups in total. The summed E-state index contributed by atoms with van der Waals surface area (Å²) in [6, 6.07) is 4.73. The van der Waals surface area contributed by atoms with Gasteiger partial charge in [0.05, 0.1) is 0 Å². The molecule has 2 aromatic rings. The molecule has 0 spiro atoms. The summed E-state index contributed by atoms with van der Waals surface area (Å²) in [6.07, 6.45) is 0. The van der Waals surface area contributed by atoms with Crippen LogP contribution in [0.4, 0.5) is 4.39 Å². The van der Waals surface area contributed by atoms with E-state index in [0.717, 1.165) is 4.47 Å². The Morgan fingerprint density at radius 1 is 1.21 bits per heavy atom. The van der Waals surface area contributed by atoms with E-state index < -0.39 is 0 Å². The zero-order valence-electron chi connectivity index (χ0n) is 6.67. The topological polar surface area (TPSA) is 25.8 Å². The molecule has 72 valence electrons. The van der Waals surface area contributed by atoms with Gasteiger partial charge in [-0.05, 0) is 34.1 Å². The van der Waals surface area contributed by atoms with Gasteiger partial charge >= 0.3 is 0 Å². The Bertz CT molecular complexity index is 472. The lowest BCUT2D eigenvalue weighted by molar-refractivity contribution is 0.630. The van der Waals surface area contributed by atoms with Gasteiger partial charge in [0.2, 0.25) is 0 Å². The van der Waals surface area contributed by atoms with Crippen molar-refractivity contribution >= 4 is 43.2 Å². The normalized spacial score (nSPS) is 10.5. The number of halogens is 3. The fourth-order valence-electron chi connectivity index (χ4n) is 0.976. The monoisotopic (exact) mass is 336 g/mol. The predicted octanol–water partition coefficient (Wildman–Crippen LogP) is 3.87. The Kier molecular flexibility index (Phi) is 2.94. The standard InChI is InChI=1S/C8H3Br2FN2S/c9-4-1-2-6(11)5(3-4)7-12-13-8(10)14-7/h1-3H. The summed E-state index contributed by atoms with van der Waals surface area (Å²) in [6.45, 7) is 0. The number of hydrogen-bond acceptors (Lipinski definition) is 3. The molecule has 2 rings (SSSR count). The first-order chi connectivity index (χ1) is 6.66. The third-order valence-electron chi connectivity index (χ3n) is 1.56. The van der Waals surface area contributed by atoms with Crippen LogP contribution in [0.25, 0.3) is 10.6 Å². The second kappa shape index (κ2) is 4.04. The van der Waals surface area contributed by atoms with Gasteiger partial charge < -0.3 is 0 Å². The van der Waals surface area contributed by atoms with Crippen LogP contribution in [-0.4, -0.2) is 10.2 Å². The second-order valence-corrected chi connectivity index (χ2v) is 5.65. The molecule has 1 aromatic carbocycles. The molecule has 0 unspecified atom stereocenters. The Balaban J connectivity index is 2.55. The van der Waals surface area contributed by atoms with E-state index in [2.05, 4.69) is 42.1 Å². The molecule has 14 heavy (non-hydrogen) atoms. The molecule has 0 saturated heterocycles. The van der Waals surface area contributed by atoms with Crippen LogP contribution in [0.1, 0.15) is 0 Å². The largest absolute Gasteiger partial charge is 0.206 e. The van der Waals surface area contributed by atoms with Gasteiger partial charge in [0.15, 0.2) is 8.92 Å². The third kappa shape index (κ3) is 2.02. The van der Waals surface area contributed by atoms with Crippen LogP contribution in [-0.2, 0) is 0 Å². The van der Waals surface area contributed by atoms with Crippen LogP contribution in [0.15, 0.2) is 26.6 Å². The molecular weight excluding hydrogens is 335 g/mol. The number of hydrogen-bond donors (Lipinski definition) is 0. The zero-order valence-corrected chi connectivity index (χ0v) is 10.7. The number of rotatable bonds is 1. The Morgan fingerprint density at radius 3 is 2.64 bits per heavy atom. The highest BCUT2D eigenvalue weighted by Crippen LogP contribution is 2.30. The molecule has 0 fully saturated rings. The van der Waals surface area contributed by atoms with Crippen molar-refractivity contribution < 1.29 is 4.39 Å². The summed E-state index contributed by atoms with van der Waals surface area (Å²) in [5.74, 6) is -0.295. The molecule has 0 radical (unpaired) electrons. The maximum atomic E-state index is 13.4. The van der Waals surface area contributed by atoms with Crippen molar-refractivity contribution in [1.29, 1.82) is 0 Å². The average molecular weight is 338 g/mol.